The number of nitrogens with zero attached hydrogens (tertiary/aromatic N) is 3. The van der Waals surface area contributed by atoms with Crippen LogP contribution >= 0.6 is 0 Å². The van der Waals surface area contributed by atoms with Crippen LogP contribution in [0.2, 0.25) is 0 Å². The highest BCUT2D eigenvalue weighted by atomic mass is 19.1. The zero-order chi connectivity index (χ0) is 28.1. The molecule has 12 heteroatoms. The van der Waals surface area contributed by atoms with Crippen molar-refractivity contribution in [3.05, 3.63) is 63.9 Å². The molecule has 6 rings (SSSR count). The summed E-state index contributed by atoms with van der Waals surface area (Å²) in [5, 5.41) is 18.7. The van der Waals surface area contributed by atoms with Crippen LogP contribution in [0.15, 0.2) is 41.3 Å². The predicted octanol–water partition coefficient (Wildman–Crippen LogP) is 3.54. The average molecular weight is 556 g/mol. The number of carboxylic acids is 1. The van der Waals surface area contributed by atoms with Crippen molar-refractivity contribution in [2.75, 3.05) is 42.6 Å². The first-order chi connectivity index (χ1) is 19.2. The minimum atomic E-state index is -1.34. The maximum absolute atomic E-state index is 15.2. The zero-order valence-electron chi connectivity index (χ0n) is 21.4. The number of rotatable bonds is 8. The maximum Gasteiger partial charge on any atom is 0.414 e. The number of hydrogen-bond donors (Lipinski definition) is 2. The number of carbonyl (C=O) groups excluding carboxylic acids is 1. The van der Waals surface area contributed by atoms with Crippen LogP contribution < -0.4 is 20.0 Å². The molecule has 0 spiro atoms. The molecule has 3 heterocycles. The van der Waals surface area contributed by atoms with Crippen LogP contribution in [0.1, 0.15) is 35.7 Å². The Balaban J connectivity index is 1.16. The fourth-order valence-electron chi connectivity index (χ4n) is 5.41. The number of aromatic nitrogens is 1. The van der Waals surface area contributed by atoms with E-state index in [2.05, 4.69) is 0 Å². The summed E-state index contributed by atoms with van der Waals surface area (Å²) in [5.74, 6) is -2.59. The Morgan fingerprint density at radius 2 is 1.88 bits per heavy atom. The fourth-order valence-corrected chi connectivity index (χ4v) is 5.41. The second-order valence-electron chi connectivity index (χ2n) is 10.5. The van der Waals surface area contributed by atoms with Crippen LogP contribution in [-0.2, 0) is 4.74 Å². The largest absolute Gasteiger partial charge is 0.490 e. The van der Waals surface area contributed by atoms with Crippen LogP contribution in [0.3, 0.4) is 0 Å². The van der Waals surface area contributed by atoms with Crippen molar-refractivity contribution in [1.29, 1.82) is 0 Å². The molecule has 2 atom stereocenters. The van der Waals surface area contributed by atoms with E-state index >= 15 is 4.39 Å². The zero-order valence-corrected chi connectivity index (χ0v) is 21.4. The highest BCUT2D eigenvalue weighted by Gasteiger charge is 2.33. The summed E-state index contributed by atoms with van der Waals surface area (Å²) in [6.45, 7) is 0.969. The molecule has 10 nitrogen and oxygen atoms in total. The van der Waals surface area contributed by atoms with E-state index in [1.165, 1.54) is 23.2 Å². The monoisotopic (exact) mass is 555 g/mol. The molecule has 3 fully saturated rings. The van der Waals surface area contributed by atoms with Crippen LogP contribution in [0, 0.1) is 17.6 Å². The number of aliphatic hydroxyl groups is 1. The SMILES string of the molecule is O=C(O)c1cn(C2CC2)c2cc(N3CC[C@@H](COc4ccc(N5C[C@H](CO)OC5=O)cc4F)C3)c(F)cc2c1=O. The van der Waals surface area contributed by atoms with Gasteiger partial charge in [-0.05, 0) is 43.5 Å². The van der Waals surface area contributed by atoms with Gasteiger partial charge in [0.15, 0.2) is 11.6 Å². The molecule has 1 aromatic heterocycles. The summed E-state index contributed by atoms with van der Waals surface area (Å²) >= 11 is 0. The van der Waals surface area contributed by atoms with Gasteiger partial charge in [-0.15, -0.1) is 0 Å². The van der Waals surface area contributed by atoms with Crippen molar-refractivity contribution >= 4 is 34.3 Å². The van der Waals surface area contributed by atoms with Crippen molar-refractivity contribution in [2.24, 2.45) is 5.92 Å². The summed E-state index contributed by atoms with van der Waals surface area (Å²) < 4.78 is 42.5. The molecule has 1 aliphatic carbocycles. The molecule has 2 aromatic carbocycles. The molecule has 0 unspecified atom stereocenters. The third-order valence-corrected chi connectivity index (χ3v) is 7.68. The van der Waals surface area contributed by atoms with E-state index in [4.69, 9.17) is 9.47 Å². The highest BCUT2D eigenvalue weighted by Crippen LogP contribution is 2.39. The van der Waals surface area contributed by atoms with Crippen LogP contribution in [0.5, 0.6) is 5.75 Å². The summed E-state index contributed by atoms with van der Waals surface area (Å²) in [7, 11) is 0. The van der Waals surface area contributed by atoms with E-state index in [0.717, 1.165) is 18.9 Å². The summed E-state index contributed by atoms with van der Waals surface area (Å²) in [4.78, 5) is 39.4. The summed E-state index contributed by atoms with van der Waals surface area (Å²) in [5.41, 5.74) is 0.0363. The Morgan fingerprint density at radius 1 is 1.07 bits per heavy atom. The number of carboxylic acid groups (broad SMARTS) is 1. The average Bonchev–Trinajstić information content (AvgIpc) is 3.54. The van der Waals surface area contributed by atoms with Gasteiger partial charge in [0.2, 0.25) is 5.43 Å². The number of carbonyl (C=O) groups is 2. The second-order valence-corrected chi connectivity index (χ2v) is 10.5. The first-order valence-corrected chi connectivity index (χ1v) is 13.1. The minimum absolute atomic E-state index is 0.0203. The number of cyclic esters (lactones) is 1. The number of anilines is 2. The molecule has 210 valence electrons. The molecular formula is C28H27F2N3O7. The van der Waals surface area contributed by atoms with Gasteiger partial charge in [-0.2, -0.15) is 0 Å². The van der Waals surface area contributed by atoms with E-state index < -0.39 is 35.2 Å². The van der Waals surface area contributed by atoms with Gasteiger partial charge < -0.3 is 29.2 Å². The number of aliphatic hydroxyl groups excluding tert-OH is 1. The first-order valence-electron chi connectivity index (χ1n) is 13.1. The molecule has 0 bridgehead atoms. The standard InChI is InChI=1S/C28H27F2N3O7/c29-21-8-19-23(32(16-1-2-16)12-20(26(19)35)27(36)37)9-24(21)31-6-5-15(10-31)14-39-25-4-3-17(7-22(25)30)33-11-18(13-34)40-28(33)38/h3-4,7-9,12,15-16,18,34H,1-2,5-6,10-11,13-14H2,(H,36,37)/t15-,18-/m1/s1. The number of amides is 1. The quantitative estimate of drug-likeness (QED) is 0.433. The summed E-state index contributed by atoms with van der Waals surface area (Å²) in [6, 6.07) is 6.97. The number of benzene rings is 2. The lowest BCUT2D eigenvalue weighted by atomic mass is 10.1. The Morgan fingerprint density at radius 3 is 2.55 bits per heavy atom. The molecule has 1 saturated carbocycles. The minimum Gasteiger partial charge on any atom is -0.490 e. The normalized spacial score (nSPS) is 20.8. The Bertz CT molecular complexity index is 1570. The van der Waals surface area contributed by atoms with E-state index in [0.29, 0.717) is 36.4 Å². The smallest absolute Gasteiger partial charge is 0.414 e. The molecule has 40 heavy (non-hydrogen) atoms. The summed E-state index contributed by atoms with van der Waals surface area (Å²) in [6.07, 6.45) is 2.42. The third kappa shape index (κ3) is 4.72. The van der Waals surface area contributed by atoms with E-state index in [1.807, 2.05) is 4.90 Å². The molecular weight excluding hydrogens is 528 g/mol. The molecule has 2 aliphatic heterocycles. The van der Waals surface area contributed by atoms with Crippen molar-refractivity contribution in [3.63, 3.8) is 0 Å². The molecule has 3 aromatic rings. The lowest BCUT2D eigenvalue weighted by molar-refractivity contribution is 0.0694. The van der Waals surface area contributed by atoms with Crippen molar-refractivity contribution in [2.45, 2.75) is 31.4 Å². The van der Waals surface area contributed by atoms with Crippen molar-refractivity contribution < 1.29 is 38.1 Å². The van der Waals surface area contributed by atoms with Crippen molar-refractivity contribution in [3.8, 4) is 5.75 Å². The van der Waals surface area contributed by atoms with Crippen molar-refractivity contribution in [1.82, 2.24) is 4.57 Å². The Labute approximate surface area is 226 Å². The van der Waals surface area contributed by atoms with Crippen LogP contribution in [0.25, 0.3) is 10.9 Å². The van der Waals surface area contributed by atoms with Gasteiger partial charge in [0.05, 0.1) is 36.6 Å². The predicted molar refractivity (Wildman–Crippen MR) is 140 cm³/mol. The van der Waals surface area contributed by atoms with E-state index in [-0.39, 0.29) is 48.4 Å². The highest BCUT2D eigenvalue weighted by molar-refractivity contribution is 5.93. The van der Waals surface area contributed by atoms with Crippen LogP contribution in [-0.4, -0.2) is 65.8 Å². The number of pyridine rings is 1. The number of fused-ring (bicyclic) bond motifs is 1. The lowest BCUT2D eigenvalue weighted by Gasteiger charge is -2.21. The van der Waals surface area contributed by atoms with Gasteiger partial charge >= 0.3 is 12.1 Å². The molecule has 2 N–H and O–H groups in total. The Hall–Kier alpha value is -4.19. The van der Waals surface area contributed by atoms with E-state index in [1.54, 1.807) is 16.7 Å². The lowest BCUT2D eigenvalue weighted by Crippen LogP contribution is -2.25. The van der Waals surface area contributed by atoms with Gasteiger partial charge in [0, 0.05) is 42.7 Å². The number of halogens is 2. The molecule has 0 radical (unpaired) electrons. The molecule has 1 amide bonds. The first kappa shape index (κ1) is 26.1. The van der Waals surface area contributed by atoms with Gasteiger partial charge in [-0.3, -0.25) is 9.69 Å². The van der Waals surface area contributed by atoms with Gasteiger partial charge in [-0.1, -0.05) is 0 Å². The maximum atomic E-state index is 15.2. The molecule has 2 saturated heterocycles. The Kier molecular flexibility index (Phi) is 6.57. The fraction of sp³-hybridized carbons (Fsp3) is 0.393. The van der Waals surface area contributed by atoms with Gasteiger partial charge in [0.25, 0.3) is 0 Å². The number of ether oxygens (including phenoxy) is 2. The number of hydrogen-bond acceptors (Lipinski definition) is 7. The van der Waals surface area contributed by atoms with Gasteiger partial charge in [0.1, 0.15) is 17.5 Å². The van der Waals surface area contributed by atoms with Gasteiger partial charge in [-0.25, -0.2) is 18.4 Å². The number of aromatic carboxylic acids is 1. The van der Waals surface area contributed by atoms with Crippen LogP contribution in [0.4, 0.5) is 25.0 Å². The third-order valence-electron chi connectivity index (χ3n) is 7.68. The molecule has 3 aliphatic rings. The second kappa shape index (κ2) is 10.1. The van der Waals surface area contributed by atoms with E-state index in [9.17, 15) is 29.0 Å². The topological polar surface area (TPSA) is 122 Å².